The van der Waals surface area contributed by atoms with Crippen LogP contribution < -0.4 is 10.6 Å². The molecule has 2 N–H and O–H groups in total. The first kappa shape index (κ1) is 23.7. The number of amidine groups is 2. The molecular weight excluding hydrogens is 450 g/mol. The van der Waals surface area contributed by atoms with Crippen LogP contribution in [0.3, 0.4) is 0 Å². The number of carbonyl (C=O) groups is 3. The van der Waals surface area contributed by atoms with Gasteiger partial charge in [0, 0.05) is 18.2 Å². The topological polar surface area (TPSA) is 103 Å². The zero-order valence-corrected chi connectivity index (χ0v) is 20.0. The molecule has 0 fully saturated rings. The molecule has 2 aromatic rings. The lowest BCUT2D eigenvalue weighted by atomic mass is 10.1. The molecular formula is C25H27N5O3S. The highest BCUT2D eigenvalue weighted by Crippen LogP contribution is 2.34. The van der Waals surface area contributed by atoms with E-state index >= 15 is 0 Å². The molecule has 2 aliphatic heterocycles. The smallest absolute Gasteiger partial charge is 0.271 e. The van der Waals surface area contributed by atoms with Crippen molar-refractivity contribution in [1.29, 1.82) is 0 Å². The molecule has 0 aliphatic carbocycles. The van der Waals surface area contributed by atoms with E-state index in [0.717, 1.165) is 17.5 Å². The summed E-state index contributed by atoms with van der Waals surface area (Å²) in [6.07, 6.45) is 0.780. The SMILES string of the molecule is CCC(C)NC(=O)CSC1=Nc2ccccc2C2=NC(=O)C(CC(=O)NCc3ccccc3)N12. The highest BCUT2D eigenvalue weighted by Gasteiger charge is 2.42. The normalized spacial score (nSPS) is 17.3. The zero-order chi connectivity index (χ0) is 24.1. The fourth-order valence-corrected chi connectivity index (χ4v) is 4.55. The number of nitrogens with zero attached hydrogens (tertiary/aromatic N) is 3. The molecule has 3 amide bonds. The van der Waals surface area contributed by atoms with Gasteiger partial charge in [-0.2, -0.15) is 4.99 Å². The van der Waals surface area contributed by atoms with Gasteiger partial charge in [-0.05, 0) is 31.0 Å². The van der Waals surface area contributed by atoms with Crippen LogP contribution in [0, 0.1) is 0 Å². The van der Waals surface area contributed by atoms with Gasteiger partial charge in [0.05, 0.1) is 17.9 Å². The van der Waals surface area contributed by atoms with E-state index in [1.807, 2.05) is 68.4 Å². The van der Waals surface area contributed by atoms with Crippen LogP contribution >= 0.6 is 11.8 Å². The Bertz CT molecular complexity index is 1150. The van der Waals surface area contributed by atoms with E-state index in [1.54, 1.807) is 4.90 Å². The number of hydrogen-bond donors (Lipinski definition) is 2. The summed E-state index contributed by atoms with van der Waals surface area (Å²) in [5, 5.41) is 6.30. The van der Waals surface area contributed by atoms with Crippen LogP contribution in [0.2, 0.25) is 0 Å². The maximum Gasteiger partial charge on any atom is 0.271 e. The number of amides is 3. The van der Waals surface area contributed by atoms with Crippen molar-refractivity contribution in [3.05, 3.63) is 65.7 Å². The molecule has 0 spiro atoms. The van der Waals surface area contributed by atoms with Gasteiger partial charge in [-0.3, -0.25) is 19.3 Å². The fraction of sp³-hybridized carbons (Fsp3) is 0.320. The average Bonchev–Trinajstić information content (AvgIpc) is 3.18. The van der Waals surface area contributed by atoms with Crippen LogP contribution in [0.5, 0.6) is 0 Å². The molecule has 2 atom stereocenters. The number of benzene rings is 2. The third-order valence-corrected chi connectivity index (χ3v) is 6.62. The summed E-state index contributed by atoms with van der Waals surface area (Å²) < 4.78 is 0. The third-order valence-electron chi connectivity index (χ3n) is 5.67. The van der Waals surface area contributed by atoms with Gasteiger partial charge in [0.15, 0.2) is 5.17 Å². The number of hydrogen-bond acceptors (Lipinski definition) is 6. The van der Waals surface area contributed by atoms with Gasteiger partial charge < -0.3 is 10.6 Å². The Hall–Kier alpha value is -3.46. The van der Waals surface area contributed by atoms with Crippen molar-refractivity contribution >= 4 is 46.2 Å². The van der Waals surface area contributed by atoms with E-state index in [1.165, 1.54) is 11.8 Å². The van der Waals surface area contributed by atoms with Gasteiger partial charge in [0.25, 0.3) is 5.91 Å². The lowest BCUT2D eigenvalue weighted by Crippen LogP contribution is -2.46. The quantitative estimate of drug-likeness (QED) is 0.608. The van der Waals surface area contributed by atoms with Crippen molar-refractivity contribution in [2.24, 2.45) is 9.98 Å². The third kappa shape index (κ3) is 5.36. The minimum atomic E-state index is -0.803. The lowest BCUT2D eigenvalue weighted by Gasteiger charge is -2.30. The van der Waals surface area contributed by atoms with Crippen molar-refractivity contribution in [3.63, 3.8) is 0 Å². The second-order valence-electron chi connectivity index (χ2n) is 8.20. The van der Waals surface area contributed by atoms with Crippen molar-refractivity contribution in [1.82, 2.24) is 15.5 Å². The Morgan fingerprint density at radius 1 is 1.06 bits per heavy atom. The standard InChI is InChI=1S/C25H27N5O3S/c1-3-16(2)27-22(32)15-34-25-28-19-12-8-7-11-18(19)23-29-24(33)20(30(23)25)13-21(31)26-14-17-9-5-4-6-10-17/h4-12,16,20H,3,13-15H2,1-2H3,(H,26,31)(H,27,32). The first-order valence-corrected chi connectivity index (χ1v) is 12.3. The second-order valence-corrected chi connectivity index (χ2v) is 9.15. The van der Waals surface area contributed by atoms with Crippen molar-refractivity contribution in [2.45, 2.75) is 45.3 Å². The largest absolute Gasteiger partial charge is 0.353 e. The van der Waals surface area contributed by atoms with Crippen LogP contribution in [0.25, 0.3) is 0 Å². The molecule has 0 aromatic heterocycles. The van der Waals surface area contributed by atoms with Gasteiger partial charge in [0.1, 0.15) is 11.9 Å². The van der Waals surface area contributed by atoms with E-state index in [9.17, 15) is 14.4 Å². The number of rotatable bonds is 8. The zero-order valence-electron chi connectivity index (χ0n) is 19.2. The monoisotopic (exact) mass is 477 g/mol. The van der Waals surface area contributed by atoms with Crippen LogP contribution in [0.1, 0.15) is 37.8 Å². The van der Waals surface area contributed by atoms with E-state index in [4.69, 9.17) is 4.99 Å². The number of fused-ring (bicyclic) bond motifs is 3. The Morgan fingerprint density at radius 3 is 2.56 bits per heavy atom. The summed E-state index contributed by atoms with van der Waals surface area (Å²) in [7, 11) is 0. The van der Waals surface area contributed by atoms with Gasteiger partial charge in [-0.1, -0.05) is 61.2 Å². The summed E-state index contributed by atoms with van der Waals surface area (Å²) in [5.41, 5.74) is 2.39. The average molecular weight is 478 g/mol. The van der Waals surface area contributed by atoms with Crippen molar-refractivity contribution in [2.75, 3.05) is 5.75 Å². The summed E-state index contributed by atoms with van der Waals surface area (Å²) in [6.45, 7) is 4.33. The second kappa shape index (κ2) is 10.6. The molecule has 8 nitrogen and oxygen atoms in total. The summed E-state index contributed by atoms with van der Waals surface area (Å²) >= 11 is 1.24. The maximum atomic E-state index is 12.9. The molecule has 2 unspecified atom stereocenters. The number of para-hydroxylation sites is 1. The summed E-state index contributed by atoms with van der Waals surface area (Å²) in [6, 6.07) is 16.3. The highest BCUT2D eigenvalue weighted by atomic mass is 32.2. The Kier molecular flexibility index (Phi) is 7.42. The molecule has 0 bridgehead atoms. The maximum absolute atomic E-state index is 12.9. The molecule has 4 rings (SSSR count). The molecule has 176 valence electrons. The van der Waals surface area contributed by atoms with Gasteiger partial charge >= 0.3 is 0 Å². The summed E-state index contributed by atoms with van der Waals surface area (Å²) in [5.74, 6) is -0.130. The predicted octanol–water partition coefficient (Wildman–Crippen LogP) is 3.00. The number of nitrogens with one attached hydrogen (secondary N) is 2. The molecule has 0 radical (unpaired) electrons. The van der Waals surface area contributed by atoms with Crippen LogP contribution in [0.4, 0.5) is 5.69 Å². The first-order valence-electron chi connectivity index (χ1n) is 11.3. The number of carbonyl (C=O) groups excluding carboxylic acids is 3. The van der Waals surface area contributed by atoms with Crippen LogP contribution in [0.15, 0.2) is 64.6 Å². The molecule has 34 heavy (non-hydrogen) atoms. The first-order chi connectivity index (χ1) is 16.5. The minimum absolute atomic E-state index is 0.0561. The van der Waals surface area contributed by atoms with Crippen LogP contribution in [-0.2, 0) is 20.9 Å². The molecule has 2 heterocycles. The fourth-order valence-electron chi connectivity index (χ4n) is 3.70. The lowest BCUT2D eigenvalue weighted by molar-refractivity contribution is -0.126. The van der Waals surface area contributed by atoms with E-state index < -0.39 is 6.04 Å². The van der Waals surface area contributed by atoms with Gasteiger partial charge in [0.2, 0.25) is 11.8 Å². The molecule has 0 saturated carbocycles. The molecule has 2 aromatic carbocycles. The number of aliphatic imine (C=N–C) groups is 2. The van der Waals surface area contributed by atoms with E-state index in [-0.39, 0.29) is 35.9 Å². The van der Waals surface area contributed by atoms with Gasteiger partial charge in [-0.15, -0.1) is 0 Å². The molecule has 0 saturated heterocycles. The Morgan fingerprint density at radius 2 is 1.79 bits per heavy atom. The van der Waals surface area contributed by atoms with E-state index in [2.05, 4.69) is 15.6 Å². The predicted molar refractivity (Wildman–Crippen MR) is 134 cm³/mol. The van der Waals surface area contributed by atoms with Crippen LogP contribution in [-0.4, -0.2) is 51.5 Å². The van der Waals surface area contributed by atoms with Crippen molar-refractivity contribution in [3.8, 4) is 0 Å². The Labute approximate surface area is 202 Å². The molecule has 2 aliphatic rings. The molecule has 9 heteroatoms. The minimum Gasteiger partial charge on any atom is -0.353 e. The van der Waals surface area contributed by atoms with Gasteiger partial charge in [-0.25, -0.2) is 4.99 Å². The van der Waals surface area contributed by atoms with Crippen molar-refractivity contribution < 1.29 is 14.4 Å². The summed E-state index contributed by atoms with van der Waals surface area (Å²) in [4.78, 5) is 48.6. The Balaban J connectivity index is 1.50. The number of thioether (sulfide) groups is 1. The highest BCUT2D eigenvalue weighted by molar-refractivity contribution is 8.14. The van der Waals surface area contributed by atoms with E-state index in [0.29, 0.717) is 23.2 Å².